The fourth-order valence-electron chi connectivity index (χ4n) is 7.22. The first-order valence-corrected chi connectivity index (χ1v) is 15.5. The van der Waals surface area contributed by atoms with E-state index in [-0.39, 0.29) is 22.4 Å². The lowest BCUT2D eigenvalue weighted by molar-refractivity contribution is -0.119. The van der Waals surface area contributed by atoms with Gasteiger partial charge in [-0.2, -0.15) is 0 Å². The number of benzene rings is 3. The van der Waals surface area contributed by atoms with Crippen LogP contribution in [-0.2, 0) is 20.9 Å². The van der Waals surface area contributed by atoms with E-state index in [0.29, 0.717) is 43.4 Å². The van der Waals surface area contributed by atoms with E-state index < -0.39 is 5.92 Å². The number of fused-ring (bicyclic) bond motifs is 1. The van der Waals surface area contributed by atoms with Crippen LogP contribution in [0.3, 0.4) is 0 Å². The second-order valence-corrected chi connectivity index (χ2v) is 14.2. The number of carbonyl (C=O) groups is 2. The quantitative estimate of drug-likeness (QED) is 0.274. The zero-order valence-corrected chi connectivity index (χ0v) is 26.5. The Bertz CT molecular complexity index is 1620. The molecule has 0 bridgehead atoms. The number of ketones is 2. The number of allylic oxidation sites excluding steroid dienone is 4. The van der Waals surface area contributed by atoms with Crippen molar-refractivity contribution in [2.75, 3.05) is 20.3 Å². The molecule has 3 aliphatic rings. The van der Waals surface area contributed by atoms with E-state index >= 15 is 0 Å². The van der Waals surface area contributed by atoms with E-state index in [1.807, 2.05) is 36.4 Å². The summed E-state index contributed by atoms with van der Waals surface area (Å²) in [5.41, 5.74) is 5.13. The number of nitrogens with zero attached hydrogens (tertiary/aromatic N) is 1. The molecule has 0 unspecified atom stereocenters. The highest BCUT2D eigenvalue weighted by Gasteiger charge is 2.48. The third-order valence-electron chi connectivity index (χ3n) is 9.09. The van der Waals surface area contributed by atoms with Crippen LogP contribution >= 0.6 is 11.6 Å². The minimum Gasteiger partial charge on any atom is -0.487 e. The van der Waals surface area contributed by atoms with Crippen LogP contribution in [0.25, 0.3) is 10.8 Å². The van der Waals surface area contributed by atoms with Crippen molar-refractivity contribution in [3.05, 3.63) is 99.4 Å². The van der Waals surface area contributed by atoms with Crippen molar-refractivity contribution in [3.8, 4) is 5.75 Å². The molecule has 5 nitrogen and oxygen atoms in total. The summed E-state index contributed by atoms with van der Waals surface area (Å²) >= 11 is 6.89. The zero-order valence-electron chi connectivity index (χ0n) is 25.8. The third kappa shape index (κ3) is 5.65. The molecule has 43 heavy (non-hydrogen) atoms. The van der Waals surface area contributed by atoms with Gasteiger partial charge in [-0.05, 0) is 57.7 Å². The first kappa shape index (κ1) is 29.7. The molecule has 0 spiro atoms. The lowest BCUT2D eigenvalue weighted by atomic mass is 9.63. The molecule has 0 saturated carbocycles. The topological polar surface area (TPSA) is 55.8 Å². The maximum atomic E-state index is 14.0. The minimum absolute atomic E-state index is 0.107. The fourth-order valence-corrected chi connectivity index (χ4v) is 7.46. The summed E-state index contributed by atoms with van der Waals surface area (Å²) in [7, 11) is 1.69. The molecule has 224 valence electrons. The van der Waals surface area contributed by atoms with Gasteiger partial charge in [0.05, 0.1) is 11.6 Å². The van der Waals surface area contributed by atoms with Crippen molar-refractivity contribution < 1.29 is 19.1 Å². The number of hydrogen-bond donors (Lipinski definition) is 0. The molecule has 1 aliphatic heterocycles. The molecule has 3 aromatic carbocycles. The summed E-state index contributed by atoms with van der Waals surface area (Å²) in [4.78, 5) is 30.2. The van der Waals surface area contributed by atoms with E-state index in [0.717, 1.165) is 57.3 Å². The standard InChI is InChI=1S/C37H40ClNO4/c1-36(2)18-28-34(30(40)20-36)33(35-29(39(28)15-16-42-5)19-37(3,4)21-31(35)41)24-13-14-32(27(38)17-24)43-22-25-11-8-10-23-9-6-7-12-26(23)25/h6-14,17,33H,15-16,18-22H2,1-5H3. The van der Waals surface area contributed by atoms with Crippen molar-refractivity contribution in [3.63, 3.8) is 0 Å². The van der Waals surface area contributed by atoms with Gasteiger partial charge in [0.1, 0.15) is 12.4 Å². The fraction of sp³-hybridized carbons (Fsp3) is 0.405. The van der Waals surface area contributed by atoms with Gasteiger partial charge in [-0.1, -0.05) is 87.8 Å². The molecule has 0 atom stereocenters. The van der Waals surface area contributed by atoms with Gasteiger partial charge in [0.25, 0.3) is 0 Å². The van der Waals surface area contributed by atoms with Crippen LogP contribution in [-0.4, -0.2) is 36.7 Å². The highest BCUT2D eigenvalue weighted by atomic mass is 35.5. The maximum Gasteiger partial charge on any atom is 0.162 e. The van der Waals surface area contributed by atoms with Crippen molar-refractivity contribution >= 4 is 33.9 Å². The van der Waals surface area contributed by atoms with Crippen LogP contribution in [0.5, 0.6) is 5.75 Å². The molecular weight excluding hydrogens is 558 g/mol. The Hall–Kier alpha value is -3.41. The van der Waals surface area contributed by atoms with Gasteiger partial charge >= 0.3 is 0 Å². The zero-order chi connectivity index (χ0) is 30.5. The number of hydrogen-bond acceptors (Lipinski definition) is 5. The number of ether oxygens (including phenoxy) is 2. The summed E-state index contributed by atoms with van der Waals surface area (Å²) in [5, 5.41) is 2.78. The normalized spacial score (nSPS) is 20.0. The number of methoxy groups -OCH3 is 1. The molecule has 0 aromatic heterocycles. The van der Waals surface area contributed by atoms with Crippen molar-refractivity contribution in [1.29, 1.82) is 0 Å². The van der Waals surface area contributed by atoms with E-state index in [2.05, 4.69) is 56.9 Å². The van der Waals surface area contributed by atoms with E-state index in [9.17, 15) is 9.59 Å². The summed E-state index contributed by atoms with van der Waals surface area (Å²) in [6, 6.07) is 20.2. The van der Waals surface area contributed by atoms with Crippen LogP contribution in [0.1, 0.15) is 70.4 Å². The van der Waals surface area contributed by atoms with Gasteiger partial charge in [-0.25, -0.2) is 0 Å². The number of halogens is 1. The van der Waals surface area contributed by atoms with Crippen molar-refractivity contribution in [1.82, 2.24) is 4.90 Å². The lowest BCUT2D eigenvalue weighted by Gasteiger charge is -2.49. The highest BCUT2D eigenvalue weighted by Crippen LogP contribution is 2.54. The maximum absolute atomic E-state index is 14.0. The Kier molecular flexibility index (Phi) is 7.76. The van der Waals surface area contributed by atoms with Crippen molar-refractivity contribution in [2.45, 2.75) is 65.9 Å². The first-order valence-electron chi connectivity index (χ1n) is 15.2. The first-order chi connectivity index (χ1) is 20.5. The van der Waals surface area contributed by atoms with E-state index in [1.54, 1.807) is 7.11 Å². The highest BCUT2D eigenvalue weighted by molar-refractivity contribution is 6.32. The molecule has 6 rings (SSSR count). The SMILES string of the molecule is COCCN1C2=C(C(=O)CC(C)(C)C2)C(c2ccc(OCc3cccc4ccccc34)c(Cl)c2)C2=C1CC(C)(C)CC2=O. The van der Waals surface area contributed by atoms with Gasteiger partial charge in [0.2, 0.25) is 0 Å². The van der Waals surface area contributed by atoms with Gasteiger partial charge in [0, 0.05) is 55.0 Å². The summed E-state index contributed by atoms with van der Waals surface area (Å²) in [6.07, 6.45) is 2.42. The summed E-state index contributed by atoms with van der Waals surface area (Å²) < 4.78 is 11.7. The average Bonchev–Trinajstić information content (AvgIpc) is 2.94. The third-order valence-corrected chi connectivity index (χ3v) is 9.39. The van der Waals surface area contributed by atoms with Crippen LogP contribution in [0.15, 0.2) is 83.2 Å². The van der Waals surface area contributed by atoms with Crippen LogP contribution in [0, 0.1) is 10.8 Å². The smallest absolute Gasteiger partial charge is 0.162 e. The molecule has 0 N–H and O–H groups in total. The van der Waals surface area contributed by atoms with Gasteiger partial charge in [-0.3, -0.25) is 9.59 Å². The Morgan fingerprint density at radius 3 is 2.09 bits per heavy atom. The Balaban J connectivity index is 1.41. The second kappa shape index (κ2) is 11.3. The van der Waals surface area contributed by atoms with Crippen LogP contribution in [0.4, 0.5) is 0 Å². The predicted molar refractivity (Wildman–Crippen MR) is 171 cm³/mol. The molecule has 0 fully saturated rings. The largest absolute Gasteiger partial charge is 0.487 e. The Morgan fingerprint density at radius 1 is 0.837 bits per heavy atom. The minimum atomic E-state index is -0.444. The summed E-state index contributed by atoms with van der Waals surface area (Å²) in [6.45, 7) is 10.1. The molecular formula is C37H40ClNO4. The van der Waals surface area contributed by atoms with Gasteiger partial charge < -0.3 is 14.4 Å². The van der Waals surface area contributed by atoms with E-state index in [1.165, 1.54) is 0 Å². The lowest BCUT2D eigenvalue weighted by Crippen LogP contribution is -2.45. The summed E-state index contributed by atoms with van der Waals surface area (Å²) in [5.74, 6) is 0.345. The predicted octanol–water partition coefficient (Wildman–Crippen LogP) is 8.40. The molecule has 0 amide bonds. The molecule has 1 heterocycles. The Labute approximate surface area is 259 Å². The molecule has 6 heteroatoms. The number of Topliss-reactive ketones (excluding diaryl/α,β-unsaturated/α-hetero) is 2. The molecule has 2 aliphatic carbocycles. The van der Waals surface area contributed by atoms with E-state index in [4.69, 9.17) is 21.1 Å². The average molecular weight is 598 g/mol. The molecule has 0 radical (unpaired) electrons. The van der Waals surface area contributed by atoms with Crippen LogP contribution in [0.2, 0.25) is 5.02 Å². The number of rotatable bonds is 7. The van der Waals surface area contributed by atoms with Crippen LogP contribution < -0.4 is 4.74 Å². The molecule has 0 saturated heterocycles. The van der Waals surface area contributed by atoms with Gasteiger partial charge in [-0.15, -0.1) is 0 Å². The Morgan fingerprint density at radius 2 is 1.47 bits per heavy atom. The number of carbonyl (C=O) groups excluding carboxylic acids is 2. The molecule has 3 aromatic rings. The monoisotopic (exact) mass is 597 g/mol. The van der Waals surface area contributed by atoms with Gasteiger partial charge in [0.15, 0.2) is 11.6 Å². The second-order valence-electron chi connectivity index (χ2n) is 13.8. The van der Waals surface area contributed by atoms with Crippen molar-refractivity contribution in [2.24, 2.45) is 10.8 Å².